The largest absolute Gasteiger partial charge is 0.295 e. The molecule has 3 aliphatic rings. The summed E-state index contributed by atoms with van der Waals surface area (Å²) < 4.78 is 0. The lowest BCUT2D eigenvalue weighted by molar-refractivity contribution is 0.0393. The van der Waals surface area contributed by atoms with Crippen molar-refractivity contribution in [2.45, 2.75) is 63.7 Å². The van der Waals surface area contributed by atoms with Gasteiger partial charge < -0.3 is 0 Å². The van der Waals surface area contributed by atoms with E-state index in [0.717, 1.165) is 18.0 Å². The molecule has 0 aromatic heterocycles. The van der Waals surface area contributed by atoms with E-state index >= 15 is 0 Å². The molecule has 2 heterocycles. The number of nitrogens with one attached hydrogen (secondary N) is 1. The van der Waals surface area contributed by atoms with Gasteiger partial charge in [0.15, 0.2) is 0 Å². The molecule has 2 saturated heterocycles. The molecule has 0 radical (unpaired) electrons. The van der Waals surface area contributed by atoms with Crippen molar-refractivity contribution in [3.8, 4) is 0 Å². The number of hydrogen-bond donors (Lipinski definition) is 1. The van der Waals surface area contributed by atoms with E-state index in [1.807, 2.05) is 0 Å². The third-order valence-electron chi connectivity index (χ3n) is 4.58. The van der Waals surface area contributed by atoms with Crippen LogP contribution < -0.4 is 5.32 Å². The topological polar surface area (TPSA) is 15.3 Å². The van der Waals surface area contributed by atoms with Gasteiger partial charge in [0.25, 0.3) is 0 Å². The molecule has 2 nitrogen and oxygen atoms in total. The molecule has 0 bridgehead atoms. The second-order valence-corrected chi connectivity index (χ2v) is 5.83. The number of rotatable bonds is 0. The first kappa shape index (κ1) is 9.17. The van der Waals surface area contributed by atoms with Crippen LogP contribution in [0.15, 0.2) is 0 Å². The summed E-state index contributed by atoms with van der Waals surface area (Å²) in [7, 11) is 0. The standard InChI is InChI=1S/C12H22N2/c1-12(2)13-10-7-3-5-9-6-4-8-14(12)11(9)10/h9-11,13H,3-8H2,1-2H3. The van der Waals surface area contributed by atoms with Crippen LogP contribution in [-0.2, 0) is 0 Å². The fraction of sp³-hybridized carbons (Fsp3) is 1.00. The summed E-state index contributed by atoms with van der Waals surface area (Å²) in [5.41, 5.74) is 0.262. The maximum absolute atomic E-state index is 3.83. The molecule has 1 saturated carbocycles. The van der Waals surface area contributed by atoms with E-state index in [0.29, 0.717) is 0 Å². The van der Waals surface area contributed by atoms with Gasteiger partial charge in [0.2, 0.25) is 0 Å². The second kappa shape index (κ2) is 2.96. The normalized spacial score (nSPS) is 46.3. The molecule has 1 N–H and O–H groups in total. The summed E-state index contributed by atoms with van der Waals surface area (Å²) in [5, 5.41) is 3.83. The van der Waals surface area contributed by atoms with Crippen molar-refractivity contribution in [3.63, 3.8) is 0 Å². The maximum atomic E-state index is 3.83. The Labute approximate surface area is 87.0 Å². The fourth-order valence-corrected chi connectivity index (χ4v) is 4.08. The van der Waals surface area contributed by atoms with E-state index in [4.69, 9.17) is 0 Å². The Bertz CT molecular complexity index is 234. The molecule has 2 heteroatoms. The third-order valence-corrected chi connectivity index (χ3v) is 4.58. The molecule has 0 aromatic rings. The molecule has 3 atom stereocenters. The predicted octanol–water partition coefficient (Wildman–Crippen LogP) is 1.96. The Morgan fingerprint density at radius 2 is 1.93 bits per heavy atom. The smallest absolute Gasteiger partial charge is 0.0660 e. The molecule has 0 amide bonds. The van der Waals surface area contributed by atoms with Gasteiger partial charge in [-0.1, -0.05) is 6.42 Å². The van der Waals surface area contributed by atoms with Crippen LogP contribution in [0.25, 0.3) is 0 Å². The van der Waals surface area contributed by atoms with Crippen LogP contribution in [0.5, 0.6) is 0 Å². The van der Waals surface area contributed by atoms with Crippen molar-refractivity contribution in [1.82, 2.24) is 10.2 Å². The van der Waals surface area contributed by atoms with Crippen LogP contribution in [0.2, 0.25) is 0 Å². The van der Waals surface area contributed by atoms with E-state index in [1.54, 1.807) is 0 Å². The minimum atomic E-state index is 0.262. The Kier molecular flexibility index (Phi) is 1.94. The fourth-order valence-electron chi connectivity index (χ4n) is 4.08. The van der Waals surface area contributed by atoms with Gasteiger partial charge in [-0.15, -0.1) is 0 Å². The minimum Gasteiger partial charge on any atom is -0.295 e. The lowest BCUT2D eigenvalue weighted by Gasteiger charge is -2.44. The molecule has 0 spiro atoms. The molecule has 1 aliphatic carbocycles. The molecular weight excluding hydrogens is 172 g/mol. The quantitative estimate of drug-likeness (QED) is 0.634. The van der Waals surface area contributed by atoms with Gasteiger partial charge in [-0.25, -0.2) is 0 Å². The first-order chi connectivity index (χ1) is 6.68. The van der Waals surface area contributed by atoms with Gasteiger partial charge in [0, 0.05) is 18.6 Å². The van der Waals surface area contributed by atoms with Gasteiger partial charge in [0.05, 0.1) is 5.66 Å². The van der Waals surface area contributed by atoms with Crippen LogP contribution in [0, 0.1) is 5.92 Å². The van der Waals surface area contributed by atoms with Crippen molar-refractivity contribution >= 4 is 0 Å². The molecule has 0 aromatic carbocycles. The summed E-state index contributed by atoms with van der Waals surface area (Å²) in [5.74, 6) is 0.997. The number of hydrogen-bond acceptors (Lipinski definition) is 2. The molecular formula is C12H22N2. The molecule has 3 fully saturated rings. The SMILES string of the molecule is CC1(C)NC2CCCC3CCCN1C32. The molecule has 80 valence electrons. The Hall–Kier alpha value is -0.0800. The summed E-state index contributed by atoms with van der Waals surface area (Å²) in [4.78, 5) is 2.74. The molecule has 2 aliphatic heterocycles. The van der Waals surface area contributed by atoms with E-state index < -0.39 is 0 Å². The van der Waals surface area contributed by atoms with Crippen LogP contribution in [0.1, 0.15) is 46.0 Å². The van der Waals surface area contributed by atoms with Crippen molar-refractivity contribution in [2.24, 2.45) is 5.92 Å². The summed E-state index contributed by atoms with van der Waals surface area (Å²) >= 11 is 0. The maximum Gasteiger partial charge on any atom is 0.0660 e. The van der Waals surface area contributed by atoms with Crippen molar-refractivity contribution in [2.75, 3.05) is 6.54 Å². The zero-order valence-electron chi connectivity index (χ0n) is 9.42. The zero-order valence-corrected chi connectivity index (χ0v) is 9.42. The molecule has 3 rings (SSSR count). The average molecular weight is 194 g/mol. The van der Waals surface area contributed by atoms with Gasteiger partial charge in [0.1, 0.15) is 0 Å². The zero-order chi connectivity index (χ0) is 9.76. The summed E-state index contributed by atoms with van der Waals surface area (Å²) in [6, 6.07) is 1.66. The van der Waals surface area contributed by atoms with Gasteiger partial charge in [-0.3, -0.25) is 10.2 Å². The van der Waals surface area contributed by atoms with Crippen LogP contribution in [-0.4, -0.2) is 29.2 Å². The highest BCUT2D eigenvalue weighted by atomic mass is 15.4. The first-order valence-electron chi connectivity index (χ1n) is 6.23. The third kappa shape index (κ3) is 1.17. The van der Waals surface area contributed by atoms with E-state index in [-0.39, 0.29) is 5.66 Å². The van der Waals surface area contributed by atoms with Crippen LogP contribution >= 0.6 is 0 Å². The van der Waals surface area contributed by atoms with E-state index in [1.165, 1.54) is 38.6 Å². The highest BCUT2D eigenvalue weighted by molar-refractivity contribution is 5.06. The highest BCUT2D eigenvalue weighted by Crippen LogP contribution is 2.42. The Morgan fingerprint density at radius 1 is 1.14 bits per heavy atom. The summed E-state index contributed by atoms with van der Waals surface area (Å²) in [6.45, 7) is 6.03. The minimum absolute atomic E-state index is 0.262. The Balaban J connectivity index is 1.91. The van der Waals surface area contributed by atoms with Crippen LogP contribution in [0.3, 0.4) is 0 Å². The van der Waals surface area contributed by atoms with Gasteiger partial charge in [-0.05, 0) is 45.4 Å². The van der Waals surface area contributed by atoms with E-state index in [9.17, 15) is 0 Å². The van der Waals surface area contributed by atoms with Gasteiger partial charge in [-0.2, -0.15) is 0 Å². The van der Waals surface area contributed by atoms with E-state index in [2.05, 4.69) is 24.1 Å². The summed E-state index contributed by atoms with van der Waals surface area (Å²) in [6.07, 6.45) is 7.23. The Morgan fingerprint density at radius 3 is 2.79 bits per heavy atom. The number of piperidine rings is 1. The van der Waals surface area contributed by atoms with Crippen molar-refractivity contribution in [1.29, 1.82) is 0 Å². The van der Waals surface area contributed by atoms with Crippen molar-refractivity contribution < 1.29 is 0 Å². The molecule has 14 heavy (non-hydrogen) atoms. The van der Waals surface area contributed by atoms with Gasteiger partial charge >= 0.3 is 0 Å². The average Bonchev–Trinajstić information content (AvgIpc) is 2.41. The van der Waals surface area contributed by atoms with Crippen LogP contribution in [0.4, 0.5) is 0 Å². The lowest BCUT2D eigenvalue weighted by atomic mass is 9.77. The monoisotopic (exact) mass is 194 g/mol. The predicted molar refractivity (Wildman–Crippen MR) is 58.1 cm³/mol. The lowest BCUT2D eigenvalue weighted by Crippen LogP contribution is -2.52. The van der Waals surface area contributed by atoms with Crippen molar-refractivity contribution in [3.05, 3.63) is 0 Å². The second-order valence-electron chi connectivity index (χ2n) is 5.83. The number of nitrogens with zero attached hydrogens (tertiary/aromatic N) is 1. The molecule has 3 unspecified atom stereocenters. The first-order valence-corrected chi connectivity index (χ1v) is 6.23. The highest BCUT2D eigenvalue weighted by Gasteiger charge is 2.50.